The maximum absolute atomic E-state index is 12.0. The van der Waals surface area contributed by atoms with Crippen molar-refractivity contribution in [1.82, 2.24) is 0 Å². The summed E-state index contributed by atoms with van der Waals surface area (Å²) in [4.78, 5) is 12.0. The molecule has 0 N–H and O–H groups in total. The second kappa shape index (κ2) is 4.52. The molecule has 1 aromatic carbocycles. The number of ketones is 1. The molecule has 15 heavy (non-hydrogen) atoms. The van der Waals surface area contributed by atoms with Gasteiger partial charge in [0.2, 0.25) is 0 Å². The Hall–Kier alpha value is -0.570. The van der Waals surface area contributed by atoms with Gasteiger partial charge in [0, 0.05) is 17.2 Å². The number of carbonyl (C=O) groups excluding carboxylic acids is 1. The van der Waals surface area contributed by atoms with Gasteiger partial charge in [-0.15, -0.1) is 0 Å². The van der Waals surface area contributed by atoms with Crippen LogP contribution in [0.25, 0.3) is 0 Å². The fourth-order valence-electron chi connectivity index (χ4n) is 1.64. The summed E-state index contributed by atoms with van der Waals surface area (Å²) < 4.78 is 5.31. The molecule has 1 fully saturated rings. The van der Waals surface area contributed by atoms with Crippen molar-refractivity contribution in [2.75, 3.05) is 6.61 Å². The summed E-state index contributed by atoms with van der Waals surface area (Å²) in [5.41, 5.74) is 0.455. The molecule has 0 saturated carbocycles. The van der Waals surface area contributed by atoms with Crippen molar-refractivity contribution in [1.29, 1.82) is 0 Å². The van der Waals surface area contributed by atoms with E-state index in [2.05, 4.69) is 0 Å². The summed E-state index contributed by atoms with van der Waals surface area (Å²) in [5.74, 6) is -0.0694. The number of carbonyl (C=O) groups is 1. The van der Waals surface area contributed by atoms with Gasteiger partial charge in [0.05, 0.1) is 5.02 Å². The topological polar surface area (TPSA) is 26.3 Å². The SMILES string of the molecule is O=C(c1cc(Cl)ccc1Cl)C1CCCO1. The van der Waals surface area contributed by atoms with Crippen LogP contribution in [0.3, 0.4) is 0 Å². The van der Waals surface area contributed by atoms with E-state index < -0.39 is 0 Å². The predicted octanol–water partition coefficient (Wildman–Crippen LogP) is 3.36. The van der Waals surface area contributed by atoms with E-state index in [-0.39, 0.29) is 11.9 Å². The molecule has 1 heterocycles. The highest BCUT2D eigenvalue weighted by Crippen LogP contribution is 2.25. The molecule has 0 bridgehead atoms. The monoisotopic (exact) mass is 244 g/mol. The predicted molar refractivity (Wildman–Crippen MR) is 59.8 cm³/mol. The number of rotatable bonds is 2. The van der Waals surface area contributed by atoms with Gasteiger partial charge in [-0.25, -0.2) is 0 Å². The van der Waals surface area contributed by atoms with Gasteiger partial charge in [-0.2, -0.15) is 0 Å². The maximum Gasteiger partial charge on any atom is 0.193 e. The second-order valence-corrected chi connectivity index (χ2v) is 4.33. The first-order chi connectivity index (χ1) is 7.18. The number of ether oxygens (including phenoxy) is 1. The molecule has 1 aromatic rings. The highest BCUT2D eigenvalue weighted by molar-refractivity contribution is 6.36. The van der Waals surface area contributed by atoms with Crippen LogP contribution >= 0.6 is 23.2 Å². The molecule has 0 amide bonds. The average molecular weight is 245 g/mol. The van der Waals surface area contributed by atoms with E-state index in [1.807, 2.05) is 0 Å². The smallest absolute Gasteiger partial charge is 0.193 e. The molecule has 2 rings (SSSR count). The summed E-state index contributed by atoms with van der Waals surface area (Å²) in [7, 11) is 0. The Balaban J connectivity index is 2.27. The van der Waals surface area contributed by atoms with E-state index in [1.54, 1.807) is 18.2 Å². The number of benzene rings is 1. The average Bonchev–Trinajstić information content (AvgIpc) is 2.74. The fraction of sp³-hybridized carbons (Fsp3) is 0.364. The minimum Gasteiger partial charge on any atom is -0.370 e. The van der Waals surface area contributed by atoms with Crippen LogP contribution in [0.4, 0.5) is 0 Å². The zero-order valence-corrected chi connectivity index (χ0v) is 9.52. The molecule has 0 spiro atoms. The lowest BCUT2D eigenvalue weighted by Crippen LogP contribution is -2.19. The third-order valence-electron chi connectivity index (χ3n) is 2.42. The van der Waals surface area contributed by atoms with Gasteiger partial charge < -0.3 is 4.74 Å². The van der Waals surface area contributed by atoms with E-state index in [0.717, 1.165) is 12.8 Å². The molecule has 0 aliphatic carbocycles. The van der Waals surface area contributed by atoms with Crippen LogP contribution in [0.1, 0.15) is 23.2 Å². The van der Waals surface area contributed by atoms with Gasteiger partial charge in [0.15, 0.2) is 5.78 Å². The van der Waals surface area contributed by atoms with Crippen LogP contribution in [-0.4, -0.2) is 18.5 Å². The fourth-order valence-corrected chi connectivity index (χ4v) is 2.03. The second-order valence-electron chi connectivity index (χ2n) is 3.49. The number of Topliss-reactive ketones (excluding diaryl/α,β-unsaturated/α-hetero) is 1. The van der Waals surface area contributed by atoms with Crippen molar-refractivity contribution in [2.24, 2.45) is 0 Å². The first kappa shape index (κ1) is 10.9. The highest BCUT2D eigenvalue weighted by atomic mass is 35.5. The molecule has 2 nitrogen and oxygen atoms in total. The van der Waals surface area contributed by atoms with Crippen molar-refractivity contribution in [2.45, 2.75) is 18.9 Å². The van der Waals surface area contributed by atoms with Gasteiger partial charge in [0.1, 0.15) is 6.10 Å². The van der Waals surface area contributed by atoms with Crippen molar-refractivity contribution in [3.05, 3.63) is 33.8 Å². The van der Waals surface area contributed by atoms with Gasteiger partial charge >= 0.3 is 0 Å². The Morgan fingerprint density at radius 3 is 2.87 bits per heavy atom. The van der Waals surface area contributed by atoms with Gasteiger partial charge in [-0.1, -0.05) is 23.2 Å². The van der Waals surface area contributed by atoms with Crippen LogP contribution in [0.2, 0.25) is 10.0 Å². The van der Waals surface area contributed by atoms with Gasteiger partial charge in [0.25, 0.3) is 0 Å². The highest BCUT2D eigenvalue weighted by Gasteiger charge is 2.26. The van der Waals surface area contributed by atoms with Crippen LogP contribution in [-0.2, 0) is 4.74 Å². The number of halogens is 2. The van der Waals surface area contributed by atoms with E-state index in [4.69, 9.17) is 27.9 Å². The maximum atomic E-state index is 12.0. The van der Waals surface area contributed by atoms with Crippen molar-refractivity contribution >= 4 is 29.0 Å². The first-order valence-corrected chi connectivity index (χ1v) is 5.55. The van der Waals surface area contributed by atoms with E-state index >= 15 is 0 Å². The number of hydrogen-bond donors (Lipinski definition) is 0. The van der Waals surface area contributed by atoms with Crippen LogP contribution in [0.5, 0.6) is 0 Å². The Morgan fingerprint density at radius 1 is 1.40 bits per heavy atom. The Kier molecular flexibility index (Phi) is 3.29. The molecule has 1 atom stereocenters. The summed E-state index contributed by atoms with van der Waals surface area (Å²) in [6.07, 6.45) is 1.34. The normalized spacial score (nSPS) is 20.5. The summed E-state index contributed by atoms with van der Waals surface area (Å²) in [6.45, 7) is 0.647. The summed E-state index contributed by atoms with van der Waals surface area (Å²) >= 11 is 11.8. The third-order valence-corrected chi connectivity index (χ3v) is 2.98. The molecule has 1 aliphatic rings. The Morgan fingerprint density at radius 2 is 2.20 bits per heavy atom. The molecule has 1 aliphatic heterocycles. The zero-order chi connectivity index (χ0) is 10.8. The molecule has 80 valence electrons. The largest absolute Gasteiger partial charge is 0.370 e. The molecule has 1 unspecified atom stereocenters. The molecule has 0 radical (unpaired) electrons. The Labute approximate surface area is 98.1 Å². The van der Waals surface area contributed by atoms with Crippen molar-refractivity contribution < 1.29 is 9.53 Å². The lowest BCUT2D eigenvalue weighted by atomic mass is 10.0. The van der Waals surface area contributed by atoms with E-state index in [1.165, 1.54) is 0 Å². The van der Waals surface area contributed by atoms with Gasteiger partial charge in [-0.3, -0.25) is 4.79 Å². The summed E-state index contributed by atoms with van der Waals surface area (Å²) in [5, 5.41) is 0.945. The quantitative estimate of drug-likeness (QED) is 0.747. The standard InChI is InChI=1S/C11H10Cl2O2/c12-7-3-4-9(13)8(6-7)11(14)10-2-1-5-15-10/h3-4,6,10H,1-2,5H2. The first-order valence-electron chi connectivity index (χ1n) is 4.79. The summed E-state index contributed by atoms with van der Waals surface area (Å²) in [6, 6.07) is 4.89. The molecular weight excluding hydrogens is 235 g/mol. The lowest BCUT2D eigenvalue weighted by Gasteiger charge is -2.09. The molecular formula is C11H10Cl2O2. The lowest BCUT2D eigenvalue weighted by molar-refractivity contribution is 0.0643. The molecule has 1 saturated heterocycles. The van der Waals surface area contributed by atoms with Gasteiger partial charge in [-0.05, 0) is 31.0 Å². The van der Waals surface area contributed by atoms with Crippen molar-refractivity contribution in [3.63, 3.8) is 0 Å². The minimum atomic E-state index is -0.346. The zero-order valence-electron chi connectivity index (χ0n) is 8.00. The third kappa shape index (κ3) is 2.33. The van der Waals surface area contributed by atoms with Crippen LogP contribution in [0, 0.1) is 0 Å². The molecule has 4 heteroatoms. The van der Waals surface area contributed by atoms with E-state index in [9.17, 15) is 4.79 Å². The Bertz CT molecular complexity index is 384. The van der Waals surface area contributed by atoms with E-state index in [0.29, 0.717) is 22.2 Å². The molecule has 0 aromatic heterocycles. The van der Waals surface area contributed by atoms with Crippen LogP contribution in [0.15, 0.2) is 18.2 Å². The number of hydrogen-bond acceptors (Lipinski definition) is 2. The minimum absolute atomic E-state index is 0.0694. The van der Waals surface area contributed by atoms with Crippen LogP contribution < -0.4 is 0 Å². The van der Waals surface area contributed by atoms with Crippen molar-refractivity contribution in [3.8, 4) is 0 Å².